The summed E-state index contributed by atoms with van der Waals surface area (Å²) in [5.74, 6) is -0.213. The van der Waals surface area contributed by atoms with Gasteiger partial charge in [0.05, 0.1) is 12.0 Å². The number of carbonyl (C=O) groups excluding carboxylic acids is 1. The first-order valence-corrected chi connectivity index (χ1v) is 8.15. The topological polar surface area (TPSA) is 72.9 Å². The van der Waals surface area contributed by atoms with Crippen molar-refractivity contribution in [1.82, 2.24) is 9.55 Å². The maximum atomic E-state index is 12.2. The summed E-state index contributed by atoms with van der Waals surface area (Å²) in [6.07, 6.45) is 1.80. The molecule has 0 saturated carbocycles. The van der Waals surface area contributed by atoms with Crippen molar-refractivity contribution in [3.63, 3.8) is 0 Å². The minimum Gasteiger partial charge on any atom is -0.324 e. The van der Waals surface area contributed by atoms with Gasteiger partial charge < -0.3 is 15.6 Å². The molecule has 3 aromatic rings. The van der Waals surface area contributed by atoms with E-state index in [0.29, 0.717) is 0 Å². The van der Waals surface area contributed by atoms with Gasteiger partial charge in [-0.15, -0.1) is 11.3 Å². The highest BCUT2D eigenvalue weighted by Gasteiger charge is 2.16. The van der Waals surface area contributed by atoms with Crippen molar-refractivity contribution in [2.75, 3.05) is 5.32 Å². The number of hydrogen-bond acceptors (Lipinski definition) is 4. The molecule has 23 heavy (non-hydrogen) atoms. The second-order valence-electron chi connectivity index (χ2n) is 5.31. The Kier molecular flexibility index (Phi) is 4.27. The van der Waals surface area contributed by atoms with Gasteiger partial charge in [-0.2, -0.15) is 0 Å². The van der Waals surface area contributed by atoms with Crippen molar-refractivity contribution in [2.45, 2.75) is 19.9 Å². The molecule has 2 aromatic heterocycles. The van der Waals surface area contributed by atoms with Gasteiger partial charge in [-0.3, -0.25) is 4.79 Å². The first kappa shape index (κ1) is 15.5. The molecule has 1 amide bonds. The number of imidazole rings is 1. The van der Waals surface area contributed by atoms with Crippen LogP contribution in [0.1, 0.15) is 22.3 Å². The maximum Gasteiger partial charge on any atom is 0.246 e. The molecule has 1 aromatic carbocycles. The molecule has 0 aliphatic rings. The lowest BCUT2D eigenvalue weighted by molar-refractivity contribution is -0.117. The molecule has 6 heteroatoms. The number of thiophene rings is 1. The van der Waals surface area contributed by atoms with Crippen LogP contribution in [0.15, 0.2) is 48.1 Å². The minimum atomic E-state index is -0.645. The molecular weight excluding hydrogens is 308 g/mol. The third-order valence-electron chi connectivity index (χ3n) is 3.80. The smallest absolute Gasteiger partial charge is 0.246 e. The highest BCUT2D eigenvalue weighted by molar-refractivity contribution is 7.10. The average molecular weight is 326 g/mol. The minimum absolute atomic E-state index is 0.213. The molecule has 1 unspecified atom stereocenters. The van der Waals surface area contributed by atoms with E-state index in [1.807, 2.05) is 60.2 Å². The zero-order chi connectivity index (χ0) is 16.4. The fourth-order valence-corrected chi connectivity index (χ4v) is 3.01. The number of nitrogens with zero attached hydrogens (tertiary/aromatic N) is 2. The van der Waals surface area contributed by atoms with E-state index in [0.717, 1.165) is 27.6 Å². The van der Waals surface area contributed by atoms with Gasteiger partial charge in [-0.25, -0.2) is 4.98 Å². The Hall–Kier alpha value is -2.44. The first-order chi connectivity index (χ1) is 11.1. The van der Waals surface area contributed by atoms with E-state index >= 15 is 0 Å². The van der Waals surface area contributed by atoms with Crippen LogP contribution >= 0.6 is 11.3 Å². The summed E-state index contributed by atoms with van der Waals surface area (Å²) >= 11 is 1.48. The van der Waals surface area contributed by atoms with E-state index in [9.17, 15) is 4.79 Å². The molecule has 2 heterocycles. The lowest BCUT2D eigenvalue weighted by Gasteiger charge is -2.12. The van der Waals surface area contributed by atoms with Gasteiger partial charge >= 0.3 is 0 Å². The summed E-state index contributed by atoms with van der Waals surface area (Å²) in [5, 5.41) is 4.76. The predicted octanol–water partition coefficient (Wildman–Crippen LogP) is 3.19. The first-order valence-electron chi connectivity index (χ1n) is 7.27. The number of nitrogens with two attached hydrogens (primary N) is 1. The number of nitrogens with one attached hydrogen (secondary N) is 1. The van der Waals surface area contributed by atoms with Crippen molar-refractivity contribution in [2.24, 2.45) is 5.73 Å². The summed E-state index contributed by atoms with van der Waals surface area (Å²) in [4.78, 5) is 17.3. The van der Waals surface area contributed by atoms with Gasteiger partial charge in [0.15, 0.2) is 0 Å². The molecule has 0 bridgehead atoms. The molecule has 3 rings (SSSR count). The Morgan fingerprint density at radius 2 is 2.00 bits per heavy atom. The SMILES string of the molecule is Cc1ncn(-c2ccc(NC(=O)C(N)c3cccs3)cc2)c1C. The molecule has 0 aliphatic heterocycles. The van der Waals surface area contributed by atoms with Crippen LogP contribution < -0.4 is 11.1 Å². The molecular formula is C17H18N4OS. The van der Waals surface area contributed by atoms with Crippen molar-refractivity contribution in [3.05, 3.63) is 64.4 Å². The van der Waals surface area contributed by atoms with E-state index in [4.69, 9.17) is 5.73 Å². The fraction of sp³-hybridized carbons (Fsp3) is 0.176. The van der Waals surface area contributed by atoms with Gasteiger partial charge in [-0.1, -0.05) is 6.07 Å². The largest absolute Gasteiger partial charge is 0.324 e. The zero-order valence-electron chi connectivity index (χ0n) is 13.0. The highest BCUT2D eigenvalue weighted by atomic mass is 32.1. The quantitative estimate of drug-likeness (QED) is 0.773. The van der Waals surface area contributed by atoms with Crippen LogP contribution in [0.25, 0.3) is 5.69 Å². The maximum absolute atomic E-state index is 12.2. The van der Waals surface area contributed by atoms with Crippen LogP contribution in [0.3, 0.4) is 0 Å². The Bertz CT molecular complexity index is 806. The number of rotatable bonds is 4. The summed E-state index contributed by atoms with van der Waals surface area (Å²) in [5.41, 5.74) is 9.79. The number of anilines is 1. The third-order valence-corrected chi connectivity index (χ3v) is 4.75. The van der Waals surface area contributed by atoms with Crippen LogP contribution in [0.5, 0.6) is 0 Å². The summed E-state index contributed by atoms with van der Waals surface area (Å²) < 4.78 is 2.01. The fourth-order valence-electron chi connectivity index (χ4n) is 2.28. The van der Waals surface area contributed by atoms with Crippen molar-refractivity contribution < 1.29 is 4.79 Å². The second kappa shape index (κ2) is 6.36. The molecule has 0 spiro atoms. The normalized spacial score (nSPS) is 12.1. The number of benzene rings is 1. The zero-order valence-corrected chi connectivity index (χ0v) is 13.8. The van der Waals surface area contributed by atoms with Crippen molar-refractivity contribution in [3.8, 4) is 5.69 Å². The second-order valence-corrected chi connectivity index (χ2v) is 6.29. The number of amides is 1. The van der Waals surface area contributed by atoms with Gasteiger partial charge in [-0.05, 0) is 49.6 Å². The third kappa shape index (κ3) is 3.18. The summed E-state index contributed by atoms with van der Waals surface area (Å²) in [6.45, 7) is 4.00. The van der Waals surface area contributed by atoms with E-state index in [2.05, 4.69) is 10.3 Å². The number of hydrogen-bond donors (Lipinski definition) is 2. The molecule has 5 nitrogen and oxygen atoms in total. The van der Waals surface area contributed by atoms with E-state index in [-0.39, 0.29) is 5.91 Å². The standard InChI is InChI=1S/C17H18N4OS/c1-11-12(2)21(10-19-11)14-7-5-13(6-8-14)20-17(22)16(18)15-4-3-9-23-15/h3-10,16H,18H2,1-2H3,(H,20,22). The summed E-state index contributed by atoms with van der Waals surface area (Å²) in [6, 6.07) is 10.7. The Morgan fingerprint density at radius 3 is 2.57 bits per heavy atom. The van der Waals surface area contributed by atoms with Crippen LogP contribution in [0.2, 0.25) is 0 Å². The molecule has 0 fully saturated rings. The Balaban J connectivity index is 1.73. The summed E-state index contributed by atoms with van der Waals surface area (Å²) in [7, 11) is 0. The Morgan fingerprint density at radius 1 is 1.26 bits per heavy atom. The molecule has 0 radical (unpaired) electrons. The van der Waals surface area contributed by atoms with Crippen molar-refractivity contribution >= 4 is 22.9 Å². The number of aryl methyl sites for hydroxylation is 1. The highest BCUT2D eigenvalue weighted by Crippen LogP contribution is 2.20. The van der Waals surface area contributed by atoms with Crippen LogP contribution in [-0.4, -0.2) is 15.5 Å². The monoisotopic (exact) mass is 326 g/mol. The number of aromatic nitrogens is 2. The van der Waals surface area contributed by atoms with Gasteiger partial charge in [0.1, 0.15) is 6.04 Å². The van der Waals surface area contributed by atoms with Gasteiger partial charge in [0.25, 0.3) is 0 Å². The Labute approximate surface area is 138 Å². The van der Waals surface area contributed by atoms with Gasteiger partial charge in [0, 0.05) is 21.9 Å². The van der Waals surface area contributed by atoms with Crippen LogP contribution in [0.4, 0.5) is 5.69 Å². The van der Waals surface area contributed by atoms with Crippen LogP contribution in [0, 0.1) is 13.8 Å². The lowest BCUT2D eigenvalue weighted by Crippen LogP contribution is -2.26. The number of carbonyl (C=O) groups is 1. The van der Waals surface area contributed by atoms with Crippen molar-refractivity contribution in [1.29, 1.82) is 0 Å². The molecule has 118 valence electrons. The van der Waals surface area contributed by atoms with Crippen LogP contribution in [-0.2, 0) is 4.79 Å². The molecule has 0 saturated heterocycles. The van der Waals surface area contributed by atoms with E-state index in [1.165, 1.54) is 11.3 Å². The average Bonchev–Trinajstić information content (AvgIpc) is 3.19. The van der Waals surface area contributed by atoms with E-state index < -0.39 is 6.04 Å². The molecule has 1 atom stereocenters. The van der Waals surface area contributed by atoms with Gasteiger partial charge in [0.2, 0.25) is 5.91 Å². The predicted molar refractivity (Wildman–Crippen MR) is 92.9 cm³/mol. The van der Waals surface area contributed by atoms with E-state index in [1.54, 1.807) is 6.33 Å². The molecule has 0 aliphatic carbocycles. The lowest BCUT2D eigenvalue weighted by atomic mass is 10.2. The molecule has 3 N–H and O–H groups in total.